The van der Waals surface area contributed by atoms with Crippen molar-refractivity contribution in [2.24, 2.45) is 4.99 Å². The van der Waals surface area contributed by atoms with Gasteiger partial charge in [-0.15, -0.1) is 0 Å². The summed E-state index contributed by atoms with van der Waals surface area (Å²) in [5, 5.41) is 0.657. The molecule has 1 aromatic carbocycles. The summed E-state index contributed by atoms with van der Waals surface area (Å²) >= 11 is 6.39. The number of hydrogen-bond donors (Lipinski definition) is 0. The molecule has 1 aliphatic heterocycles. The van der Waals surface area contributed by atoms with Crippen LogP contribution in [-0.2, 0) is 4.79 Å². The zero-order chi connectivity index (χ0) is 20.0. The van der Waals surface area contributed by atoms with Crippen molar-refractivity contribution in [3.63, 3.8) is 0 Å². The van der Waals surface area contributed by atoms with Gasteiger partial charge in [0, 0.05) is 41.0 Å². The van der Waals surface area contributed by atoms with Gasteiger partial charge < -0.3 is 4.79 Å². The fourth-order valence-electron chi connectivity index (χ4n) is 3.96. The second kappa shape index (κ2) is 7.23. The van der Waals surface area contributed by atoms with Crippen molar-refractivity contribution in [1.82, 2.24) is 14.5 Å². The van der Waals surface area contributed by atoms with Crippen LogP contribution in [0.4, 0.5) is 0 Å². The first-order valence-corrected chi connectivity index (χ1v) is 10.4. The molecular formula is C23H21ClN4O. The normalized spacial score (nSPS) is 17.9. The maximum Gasteiger partial charge on any atom is 0.138 e. The van der Waals surface area contributed by atoms with Gasteiger partial charge in [0.25, 0.3) is 0 Å². The smallest absolute Gasteiger partial charge is 0.138 e. The lowest BCUT2D eigenvalue weighted by Gasteiger charge is -2.15. The first-order chi connectivity index (χ1) is 14.1. The Hall–Kier alpha value is -2.79. The zero-order valence-corrected chi connectivity index (χ0v) is 16.9. The van der Waals surface area contributed by atoms with E-state index in [0.717, 1.165) is 28.5 Å². The van der Waals surface area contributed by atoms with Gasteiger partial charge in [-0.25, -0.2) is 4.98 Å². The average molecular weight is 405 g/mol. The minimum absolute atomic E-state index is 0.157. The molecule has 3 aromatic rings. The molecule has 0 spiro atoms. The molecular weight excluding hydrogens is 384 g/mol. The van der Waals surface area contributed by atoms with Crippen LogP contribution in [0.1, 0.15) is 67.3 Å². The van der Waals surface area contributed by atoms with Gasteiger partial charge >= 0.3 is 0 Å². The van der Waals surface area contributed by atoms with Gasteiger partial charge in [0.1, 0.15) is 17.6 Å². The van der Waals surface area contributed by atoms with Crippen LogP contribution in [0.2, 0.25) is 5.02 Å². The Morgan fingerprint density at radius 3 is 2.79 bits per heavy atom. The van der Waals surface area contributed by atoms with Gasteiger partial charge in [-0.3, -0.25) is 14.5 Å². The van der Waals surface area contributed by atoms with Crippen molar-refractivity contribution in [2.75, 3.05) is 0 Å². The predicted molar refractivity (Wildman–Crippen MR) is 113 cm³/mol. The standard InChI is InChI=1S/C23H21ClN4O/c1-14(29)5-9-19-23-26-13-21(15-6-7-15)28(23)20-10-8-16(24)12-17(20)22(27-19)18-4-2-3-11-25-18/h2-4,8,10-13,15,19H,5-7,9H2,1H3/t19-/m0/s1. The SMILES string of the molecule is CC(=O)CC[C@@H]1N=C(c2ccccn2)c2cc(Cl)ccc2-n2c(C3CC3)cnc21. The molecule has 0 N–H and O–H groups in total. The Morgan fingerprint density at radius 2 is 2.07 bits per heavy atom. The van der Waals surface area contributed by atoms with Crippen LogP contribution in [0.15, 0.2) is 53.8 Å². The Kier molecular flexibility index (Phi) is 4.55. The topological polar surface area (TPSA) is 60.1 Å². The number of nitrogens with zero attached hydrogens (tertiary/aromatic N) is 4. The van der Waals surface area contributed by atoms with Gasteiger partial charge in [-0.2, -0.15) is 0 Å². The van der Waals surface area contributed by atoms with E-state index in [0.29, 0.717) is 23.8 Å². The summed E-state index contributed by atoms with van der Waals surface area (Å²) < 4.78 is 2.24. The minimum atomic E-state index is -0.213. The number of aromatic nitrogens is 3. The van der Waals surface area contributed by atoms with E-state index in [9.17, 15) is 4.79 Å². The third-order valence-electron chi connectivity index (χ3n) is 5.53. The van der Waals surface area contributed by atoms with Crippen molar-refractivity contribution in [3.05, 3.63) is 76.6 Å². The second-order valence-corrected chi connectivity index (χ2v) is 8.20. The highest BCUT2D eigenvalue weighted by molar-refractivity contribution is 6.31. The summed E-state index contributed by atoms with van der Waals surface area (Å²) in [5.74, 6) is 1.58. The van der Waals surface area contributed by atoms with Crippen LogP contribution in [0, 0.1) is 0 Å². The molecule has 0 bridgehead atoms. The molecule has 0 radical (unpaired) electrons. The Labute approximate surface area is 174 Å². The predicted octanol–water partition coefficient (Wildman–Crippen LogP) is 5.06. The fraction of sp³-hybridized carbons (Fsp3) is 0.304. The molecule has 1 aliphatic carbocycles. The Bertz CT molecular complexity index is 1120. The van der Waals surface area contributed by atoms with E-state index in [1.54, 1.807) is 13.1 Å². The maximum atomic E-state index is 11.7. The van der Waals surface area contributed by atoms with E-state index in [-0.39, 0.29) is 11.8 Å². The molecule has 0 amide bonds. The van der Waals surface area contributed by atoms with Crippen LogP contribution in [0.5, 0.6) is 0 Å². The fourth-order valence-corrected chi connectivity index (χ4v) is 4.13. The van der Waals surface area contributed by atoms with Crippen molar-refractivity contribution in [3.8, 4) is 5.69 Å². The van der Waals surface area contributed by atoms with Gasteiger partial charge in [0.05, 0.1) is 17.1 Å². The molecule has 2 aromatic heterocycles. The summed E-state index contributed by atoms with van der Waals surface area (Å²) in [7, 11) is 0. The van der Waals surface area contributed by atoms with Crippen LogP contribution in [0.3, 0.4) is 0 Å². The lowest BCUT2D eigenvalue weighted by atomic mass is 10.0. The van der Waals surface area contributed by atoms with E-state index < -0.39 is 0 Å². The molecule has 1 saturated carbocycles. The van der Waals surface area contributed by atoms with Crippen molar-refractivity contribution < 1.29 is 4.79 Å². The number of benzene rings is 1. The molecule has 0 saturated heterocycles. The lowest BCUT2D eigenvalue weighted by Crippen LogP contribution is -2.10. The number of halogens is 1. The summed E-state index contributed by atoms with van der Waals surface area (Å²) in [6, 6.07) is 11.5. The molecule has 146 valence electrons. The summed E-state index contributed by atoms with van der Waals surface area (Å²) in [5.41, 5.74) is 4.78. The highest BCUT2D eigenvalue weighted by Crippen LogP contribution is 2.44. The number of hydrogen-bond acceptors (Lipinski definition) is 4. The maximum absolute atomic E-state index is 11.7. The number of ketones is 1. The second-order valence-electron chi connectivity index (χ2n) is 7.76. The Morgan fingerprint density at radius 1 is 1.21 bits per heavy atom. The molecule has 5 rings (SSSR count). The highest BCUT2D eigenvalue weighted by Gasteiger charge is 2.34. The number of imidazole rings is 1. The van der Waals surface area contributed by atoms with Crippen LogP contribution in [0.25, 0.3) is 5.69 Å². The molecule has 3 heterocycles. The van der Waals surface area contributed by atoms with Crippen LogP contribution in [-0.4, -0.2) is 26.0 Å². The molecule has 1 fully saturated rings. The first kappa shape index (κ1) is 18.3. The van der Waals surface area contributed by atoms with Gasteiger partial charge in [0.2, 0.25) is 0 Å². The van der Waals surface area contributed by atoms with Gasteiger partial charge in [-0.1, -0.05) is 17.7 Å². The number of aliphatic imine (C=N–C) groups is 1. The number of carbonyl (C=O) groups is 1. The average Bonchev–Trinajstić information content (AvgIpc) is 3.49. The molecule has 29 heavy (non-hydrogen) atoms. The third-order valence-corrected chi connectivity index (χ3v) is 5.76. The summed E-state index contributed by atoms with van der Waals surface area (Å²) in [6.07, 6.45) is 7.19. The highest BCUT2D eigenvalue weighted by atomic mass is 35.5. The largest absolute Gasteiger partial charge is 0.300 e. The monoisotopic (exact) mass is 404 g/mol. The van der Waals surface area contributed by atoms with Gasteiger partial charge in [0.15, 0.2) is 0 Å². The molecule has 5 nitrogen and oxygen atoms in total. The number of Topliss-reactive ketones (excluding diaryl/α,β-unsaturated/α-hetero) is 1. The van der Waals surface area contributed by atoms with Gasteiger partial charge in [-0.05, 0) is 56.5 Å². The van der Waals surface area contributed by atoms with Crippen LogP contribution < -0.4 is 0 Å². The number of pyridine rings is 1. The van der Waals surface area contributed by atoms with E-state index in [2.05, 4.69) is 9.55 Å². The van der Waals surface area contributed by atoms with Crippen molar-refractivity contribution in [2.45, 2.75) is 44.6 Å². The van der Waals surface area contributed by atoms with E-state index in [1.165, 1.54) is 18.5 Å². The van der Waals surface area contributed by atoms with E-state index in [4.69, 9.17) is 21.6 Å². The van der Waals surface area contributed by atoms with Crippen LogP contribution >= 0.6 is 11.6 Å². The number of rotatable bonds is 5. The molecule has 1 atom stereocenters. The third kappa shape index (κ3) is 3.40. The zero-order valence-electron chi connectivity index (χ0n) is 16.2. The summed E-state index contributed by atoms with van der Waals surface area (Å²) in [4.78, 5) is 26.1. The first-order valence-electron chi connectivity index (χ1n) is 9.98. The van der Waals surface area contributed by atoms with E-state index in [1.807, 2.05) is 42.6 Å². The van der Waals surface area contributed by atoms with Crippen molar-refractivity contribution in [1.29, 1.82) is 0 Å². The quantitative estimate of drug-likeness (QED) is 0.597. The summed E-state index contributed by atoms with van der Waals surface area (Å²) in [6.45, 7) is 1.62. The van der Waals surface area contributed by atoms with Crippen molar-refractivity contribution >= 4 is 23.1 Å². The molecule has 0 unspecified atom stereocenters. The lowest BCUT2D eigenvalue weighted by molar-refractivity contribution is -0.117. The number of carbonyl (C=O) groups excluding carboxylic acids is 1. The minimum Gasteiger partial charge on any atom is -0.300 e. The number of fused-ring (bicyclic) bond motifs is 3. The molecule has 2 aliphatic rings. The molecule has 6 heteroatoms. The Balaban J connectivity index is 1.75. The van der Waals surface area contributed by atoms with E-state index >= 15 is 0 Å².